The van der Waals surface area contributed by atoms with Gasteiger partial charge in [0.1, 0.15) is 5.52 Å². The van der Waals surface area contributed by atoms with Crippen LogP contribution in [0.3, 0.4) is 0 Å². The van der Waals surface area contributed by atoms with Crippen LogP contribution in [0.2, 0.25) is 5.02 Å². The molecule has 9 heteroatoms. The Balaban J connectivity index is 2.13. The Labute approximate surface area is 148 Å². The maximum Gasteiger partial charge on any atom is 0.417 e. The number of benzene rings is 1. The standard InChI is InChI=1S/C17H8ClF3N2O3/c1-7-22-13-12-10(17(19,20)21)6-11(8-2-4-9(18)5-3-8)23-15(12)26-14(13)16(24)25-7/h2-6H,1H3. The van der Waals surface area contributed by atoms with Gasteiger partial charge in [-0.2, -0.15) is 13.2 Å². The summed E-state index contributed by atoms with van der Waals surface area (Å²) < 4.78 is 51.0. The van der Waals surface area contributed by atoms with Gasteiger partial charge in [-0.1, -0.05) is 23.7 Å². The van der Waals surface area contributed by atoms with E-state index >= 15 is 0 Å². The minimum atomic E-state index is -4.70. The van der Waals surface area contributed by atoms with Crippen molar-refractivity contribution >= 4 is 33.8 Å². The maximum atomic E-state index is 13.7. The van der Waals surface area contributed by atoms with Crippen LogP contribution >= 0.6 is 11.6 Å². The van der Waals surface area contributed by atoms with E-state index in [0.717, 1.165) is 6.07 Å². The molecule has 3 heterocycles. The first-order valence-electron chi connectivity index (χ1n) is 7.32. The molecule has 0 aliphatic carbocycles. The van der Waals surface area contributed by atoms with Crippen molar-refractivity contribution in [2.24, 2.45) is 0 Å². The SMILES string of the molecule is Cc1nc2c(oc3nc(-c4ccc(Cl)cc4)cc(C(F)(F)F)c32)c(=O)o1. The highest BCUT2D eigenvalue weighted by atomic mass is 35.5. The van der Waals surface area contributed by atoms with Crippen LogP contribution in [0.15, 0.2) is 44.0 Å². The molecule has 0 bridgehead atoms. The lowest BCUT2D eigenvalue weighted by atomic mass is 10.1. The molecule has 0 saturated carbocycles. The molecule has 5 nitrogen and oxygen atoms in total. The third kappa shape index (κ3) is 2.62. The molecule has 0 fully saturated rings. The first-order valence-corrected chi connectivity index (χ1v) is 7.70. The van der Waals surface area contributed by atoms with E-state index in [2.05, 4.69) is 9.97 Å². The van der Waals surface area contributed by atoms with Gasteiger partial charge in [-0.05, 0) is 18.2 Å². The third-order valence-corrected chi connectivity index (χ3v) is 4.03. The van der Waals surface area contributed by atoms with Gasteiger partial charge >= 0.3 is 11.8 Å². The van der Waals surface area contributed by atoms with Crippen molar-refractivity contribution in [3.8, 4) is 11.3 Å². The van der Waals surface area contributed by atoms with Gasteiger partial charge in [-0.3, -0.25) is 0 Å². The maximum absolute atomic E-state index is 13.7. The largest absolute Gasteiger partial charge is 0.428 e. The van der Waals surface area contributed by atoms with Gasteiger partial charge in [0, 0.05) is 17.5 Å². The third-order valence-electron chi connectivity index (χ3n) is 3.78. The predicted octanol–water partition coefficient (Wildman–Crippen LogP) is 4.98. The second kappa shape index (κ2) is 5.57. The molecule has 4 rings (SSSR count). The number of pyridine rings is 1. The van der Waals surface area contributed by atoms with E-state index in [-0.39, 0.29) is 28.2 Å². The number of rotatable bonds is 1. The fourth-order valence-electron chi connectivity index (χ4n) is 2.68. The average Bonchev–Trinajstić information content (AvgIpc) is 2.92. The second-order valence-electron chi connectivity index (χ2n) is 5.54. The van der Waals surface area contributed by atoms with Crippen LogP contribution in [0.5, 0.6) is 0 Å². The molecule has 26 heavy (non-hydrogen) atoms. The van der Waals surface area contributed by atoms with Crippen molar-refractivity contribution in [2.45, 2.75) is 13.1 Å². The minimum Gasteiger partial charge on any atom is -0.428 e. The lowest BCUT2D eigenvalue weighted by Gasteiger charge is -2.10. The van der Waals surface area contributed by atoms with Crippen LogP contribution in [-0.2, 0) is 6.18 Å². The van der Waals surface area contributed by atoms with E-state index < -0.39 is 22.9 Å². The van der Waals surface area contributed by atoms with Crippen LogP contribution < -0.4 is 5.63 Å². The normalized spacial score (nSPS) is 12.2. The van der Waals surface area contributed by atoms with Crippen molar-refractivity contribution in [3.63, 3.8) is 0 Å². The van der Waals surface area contributed by atoms with Crippen molar-refractivity contribution < 1.29 is 22.0 Å². The highest BCUT2D eigenvalue weighted by Gasteiger charge is 2.36. The molecule has 0 unspecified atom stereocenters. The molecule has 1 aromatic carbocycles. The Morgan fingerprint density at radius 2 is 1.77 bits per heavy atom. The molecule has 0 saturated heterocycles. The van der Waals surface area contributed by atoms with Gasteiger partial charge in [0.05, 0.1) is 16.6 Å². The Kier molecular flexibility index (Phi) is 3.55. The van der Waals surface area contributed by atoms with E-state index in [9.17, 15) is 18.0 Å². The van der Waals surface area contributed by atoms with Crippen molar-refractivity contribution in [3.05, 3.63) is 57.2 Å². The number of aryl methyl sites for hydroxylation is 1. The van der Waals surface area contributed by atoms with Crippen LogP contribution in [-0.4, -0.2) is 9.97 Å². The Morgan fingerprint density at radius 3 is 2.42 bits per heavy atom. The highest BCUT2D eigenvalue weighted by molar-refractivity contribution is 6.30. The van der Waals surface area contributed by atoms with E-state index in [1.807, 2.05) is 0 Å². The summed E-state index contributed by atoms with van der Waals surface area (Å²) in [5.74, 6) is -0.0693. The lowest BCUT2D eigenvalue weighted by Crippen LogP contribution is -2.07. The zero-order chi connectivity index (χ0) is 18.6. The summed E-state index contributed by atoms with van der Waals surface area (Å²) in [4.78, 5) is 19.9. The van der Waals surface area contributed by atoms with E-state index in [4.69, 9.17) is 20.4 Å². The zero-order valence-electron chi connectivity index (χ0n) is 13.0. The van der Waals surface area contributed by atoms with Gasteiger partial charge < -0.3 is 8.83 Å². The van der Waals surface area contributed by atoms with E-state index in [1.54, 1.807) is 0 Å². The lowest BCUT2D eigenvalue weighted by molar-refractivity contribution is -0.136. The number of alkyl halides is 3. The number of hydrogen-bond donors (Lipinski definition) is 0. The number of aromatic nitrogens is 2. The van der Waals surface area contributed by atoms with Crippen LogP contribution in [0.4, 0.5) is 13.2 Å². The summed E-state index contributed by atoms with van der Waals surface area (Å²) in [5, 5.41) is 0.0631. The van der Waals surface area contributed by atoms with E-state index in [1.165, 1.54) is 31.2 Å². The number of fused-ring (bicyclic) bond motifs is 3. The summed E-state index contributed by atoms with van der Waals surface area (Å²) >= 11 is 5.81. The summed E-state index contributed by atoms with van der Waals surface area (Å²) in [6, 6.07) is 7.04. The molecule has 0 atom stereocenters. The number of furan rings is 1. The van der Waals surface area contributed by atoms with E-state index in [0.29, 0.717) is 10.6 Å². The summed E-state index contributed by atoms with van der Waals surface area (Å²) in [6.07, 6.45) is -4.70. The summed E-state index contributed by atoms with van der Waals surface area (Å²) in [5.41, 5.74) is -2.44. The van der Waals surface area contributed by atoms with Crippen LogP contribution in [0.25, 0.3) is 33.5 Å². The van der Waals surface area contributed by atoms with Gasteiger partial charge in [0.25, 0.3) is 0 Å². The molecule has 3 aromatic heterocycles. The summed E-state index contributed by atoms with van der Waals surface area (Å²) in [6.45, 7) is 1.36. The molecule has 4 aromatic rings. The van der Waals surface area contributed by atoms with Gasteiger partial charge in [-0.15, -0.1) is 0 Å². The number of hydrogen-bond acceptors (Lipinski definition) is 5. The molecule has 0 radical (unpaired) electrons. The molecular formula is C17H8ClF3N2O3. The Hall–Kier alpha value is -2.87. The van der Waals surface area contributed by atoms with Gasteiger partial charge in [0.2, 0.25) is 11.3 Å². The topological polar surface area (TPSA) is 69.1 Å². The average molecular weight is 381 g/mol. The molecule has 0 N–H and O–H groups in total. The molecule has 0 amide bonds. The van der Waals surface area contributed by atoms with Crippen LogP contribution in [0.1, 0.15) is 11.5 Å². The Bertz CT molecular complexity index is 1210. The zero-order valence-corrected chi connectivity index (χ0v) is 13.8. The first kappa shape index (κ1) is 16.6. The monoisotopic (exact) mass is 380 g/mol. The van der Waals surface area contributed by atoms with Crippen molar-refractivity contribution in [2.75, 3.05) is 0 Å². The minimum absolute atomic E-state index is 0.0293. The highest BCUT2D eigenvalue weighted by Crippen LogP contribution is 2.40. The second-order valence-corrected chi connectivity index (χ2v) is 5.98. The number of nitrogens with zero attached hydrogens (tertiary/aromatic N) is 2. The predicted molar refractivity (Wildman–Crippen MR) is 88.0 cm³/mol. The fourth-order valence-corrected chi connectivity index (χ4v) is 2.81. The van der Waals surface area contributed by atoms with Crippen LogP contribution in [0, 0.1) is 6.92 Å². The quantitative estimate of drug-likeness (QED) is 0.466. The summed E-state index contributed by atoms with van der Waals surface area (Å²) in [7, 11) is 0. The Morgan fingerprint density at radius 1 is 1.08 bits per heavy atom. The van der Waals surface area contributed by atoms with Gasteiger partial charge in [0.15, 0.2) is 5.89 Å². The molecule has 0 spiro atoms. The molecular weight excluding hydrogens is 373 g/mol. The van der Waals surface area contributed by atoms with Crippen molar-refractivity contribution in [1.82, 2.24) is 9.97 Å². The van der Waals surface area contributed by atoms with Gasteiger partial charge in [-0.25, -0.2) is 14.8 Å². The smallest absolute Gasteiger partial charge is 0.417 e. The molecule has 132 valence electrons. The first-order chi connectivity index (χ1) is 12.2. The molecule has 0 aliphatic rings. The fraction of sp³-hybridized carbons (Fsp3) is 0.118. The number of halogens is 4. The van der Waals surface area contributed by atoms with Crippen molar-refractivity contribution in [1.29, 1.82) is 0 Å². The molecule has 0 aliphatic heterocycles.